The minimum atomic E-state index is -0.720. The van der Waals surface area contributed by atoms with Gasteiger partial charge in [0.25, 0.3) is 5.91 Å². The van der Waals surface area contributed by atoms with Gasteiger partial charge in [-0.15, -0.1) is 0 Å². The summed E-state index contributed by atoms with van der Waals surface area (Å²) in [6.07, 6.45) is 3.10. The second kappa shape index (κ2) is 5.35. The number of pyridine rings is 1. The average Bonchev–Trinajstić information content (AvgIpc) is 2.40. The molecule has 0 unspecified atom stereocenters. The van der Waals surface area contributed by atoms with Crippen LogP contribution in [0.5, 0.6) is 5.75 Å². The molecule has 0 aliphatic heterocycles. The van der Waals surface area contributed by atoms with Crippen LogP contribution < -0.4 is 5.32 Å². The molecule has 7 heteroatoms. The number of aromatic nitrogens is 1. The Morgan fingerprint density at radius 2 is 2.15 bits per heavy atom. The van der Waals surface area contributed by atoms with E-state index in [0.29, 0.717) is 5.69 Å². The van der Waals surface area contributed by atoms with E-state index in [1.807, 2.05) is 6.92 Å². The number of carbonyl (C=O) groups is 1. The topological polar surface area (TPSA) is 105 Å². The van der Waals surface area contributed by atoms with Crippen LogP contribution in [-0.4, -0.2) is 20.9 Å². The number of phenolic OH excluding ortho intramolecular Hbond substituents is 1. The number of hydrogen-bond donors (Lipinski definition) is 2. The molecular weight excluding hydrogens is 262 g/mol. The largest absolute Gasteiger partial charge is 0.502 e. The number of hydrogen-bond acceptors (Lipinski definition) is 5. The maximum Gasteiger partial charge on any atom is 0.310 e. The summed E-state index contributed by atoms with van der Waals surface area (Å²) < 4.78 is 0. The average molecular weight is 273 g/mol. The lowest BCUT2D eigenvalue weighted by atomic mass is 10.1. The normalized spacial score (nSPS) is 10.1. The minimum absolute atomic E-state index is 0.122. The SMILES string of the molecule is Cc1ccncc1NC(=O)c1ccc([N+](=O)[O-])c(O)c1. The number of anilines is 1. The molecule has 2 aromatic rings. The summed E-state index contributed by atoms with van der Waals surface area (Å²) in [5.74, 6) is -1.03. The van der Waals surface area contributed by atoms with E-state index in [4.69, 9.17) is 0 Å². The molecule has 0 aliphatic rings. The Morgan fingerprint density at radius 3 is 2.75 bits per heavy atom. The lowest BCUT2D eigenvalue weighted by Gasteiger charge is -2.07. The highest BCUT2D eigenvalue weighted by atomic mass is 16.6. The molecule has 0 bridgehead atoms. The molecule has 1 aromatic heterocycles. The lowest BCUT2D eigenvalue weighted by molar-refractivity contribution is -0.385. The van der Waals surface area contributed by atoms with Gasteiger partial charge in [0, 0.05) is 17.8 Å². The lowest BCUT2D eigenvalue weighted by Crippen LogP contribution is -2.13. The molecule has 0 saturated carbocycles. The predicted molar refractivity (Wildman–Crippen MR) is 71.7 cm³/mol. The number of nitro groups is 1. The van der Waals surface area contributed by atoms with E-state index >= 15 is 0 Å². The molecule has 102 valence electrons. The summed E-state index contributed by atoms with van der Waals surface area (Å²) in [5.41, 5.74) is 1.05. The Kier molecular flexibility index (Phi) is 3.60. The molecule has 0 spiro atoms. The molecule has 2 N–H and O–H groups in total. The number of rotatable bonds is 3. The summed E-state index contributed by atoms with van der Waals surface area (Å²) in [6, 6.07) is 5.15. The Labute approximate surface area is 114 Å². The van der Waals surface area contributed by atoms with Crippen molar-refractivity contribution in [1.29, 1.82) is 0 Å². The van der Waals surface area contributed by atoms with E-state index in [1.165, 1.54) is 12.3 Å². The molecule has 1 amide bonds. The first kappa shape index (κ1) is 13.5. The number of nitrogens with zero attached hydrogens (tertiary/aromatic N) is 2. The van der Waals surface area contributed by atoms with Crippen molar-refractivity contribution in [3.63, 3.8) is 0 Å². The smallest absolute Gasteiger partial charge is 0.310 e. The van der Waals surface area contributed by atoms with E-state index in [-0.39, 0.29) is 5.56 Å². The van der Waals surface area contributed by atoms with Crippen LogP contribution in [0.2, 0.25) is 0 Å². The van der Waals surface area contributed by atoms with Crippen molar-refractivity contribution in [3.8, 4) is 5.75 Å². The van der Waals surface area contributed by atoms with Gasteiger partial charge in [-0.1, -0.05) is 0 Å². The Morgan fingerprint density at radius 1 is 1.40 bits per heavy atom. The van der Waals surface area contributed by atoms with Crippen LogP contribution in [0, 0.1) is 17.0 Å². The summed E-state index contributed by atoms with van der Waals surface area (Å²) in [7, 11) is 0. The van der Waals surface area contributed by atoms with Gasteiger partial charge in [0.2, 0.25) is 0 Å². The van der Waals surface area contributed by atoms with E-state index in [1.54, 1.807) is 12.3 Å². The Balaban J connectivity index is 2.24. The van der Waals surface area contributed by atoms with Gasteiger partial charge in [0.05, 0.1) is 16.8 Å². The van der Waals surface area contributed by atoms with Gasteiger partial charge < -0.3 is 10.4 Å². The van der Waals surface area contributed by atoms with Crippen LogP contribution in [0.4, 0.5) is 11.4 Å². The highest BCUT2D eigenvalue weighted by molar-refractivity contribution is 6.05. The zero-order valence-electron chi connectivity index (χ0n) is 10.5. The molecule has 1 heterocycles. The highest BCUT2D eigenvalue weighted by Gasteiger charge is 2.16. The standard InChI is InChI=1S/C13H11N3O4/c1-8-4-5-14-7-10(8)15-13(18)9-2-3-11(16(19)20)12(17)6-9/h2-7,17H,1H3,(H,15,18). The van der Waals surface area contributed by atoms with Crippen molar-refractivity contribution >= 4 is 17.3 Å². The van der Waals surface area contributed by atoms with Crippen LogP contribution in [0.1, 0.15) is 15.9 Å². The van der Waals surface area contributed by atoms with Gasteiger partial charge in [0.15, 0.2) is 5.75 Å². The highest BCUT2D eigenvalue weighted by Crippen LogP contribution is 2.26. The number of benzene rings is 1. The third kappa shape index (κ3) is 2.72. The zero-order valence-corrected chi connectivity index (χ0v) is 10.5. The first-order valence-corrected chi connectivity index (χ1v) is 5.68. The maximum atomic E-state index is 12.0. The van der Waals surface area contributed by atoms with Crippen LogP contribution in [-0.2, 0) is 0 Å². The molecule has 2 rings (SSSR count). The van der Waals surface area contributed by atoms with Crippen molar-refractivity contribution in [2.45, 2.75) is 6.92 Å². The van der Waals surface area contributed by atoms with E-state index in [9.17, 15) is 20.0 Å². The van der Waals surface area contributed by atoms with Crippen molar-refractivity contribution in [1.82, 2.24) is 4.98 Å². The van der Waals surface area contributed by atoms with Gasteiger partial charge in [-0.3, -0.25) is 19.9 Å². The molecule has 0 atom stereocenters. The number of carbonyl (C=O) groups excluding carboxylic acids is 1. The first-order chi connectivity index (χ1) is 9.49. The van der Waals surface area contributed by atoms with E-state index < -0.39 is 22.3 Å². The number of aromatic hydroxyl groups is 1. The second-order valence-electron chi connectivity index (χ2n) is 4.11. The summed E-state index contributed by atoms with van der Waals surface area (Å²) in [5, 5.41) is 22.7. The van der Waals surface area contributed by atoms with Crippen LogP contribution in [0.25, 0.3) is 0 Å². The summed E-state index contributed by atoms with van der Waals surface area (Å²) in [6.45, 7) is 1.81. The molecule has 0 fully saturated rings. The number of amides is 1. The molecule has 0 aliphatic carbocycles. The molecule has 1 aromatic carbocycles. The van der Waals surface area contributed by atoms with Gasteiger partial charge in [-0.2, -0.15) is 0 Å². The quantitative estimate of drug-likeness (QED) is 0.659. The van der Waals surface area contributed by atoms with Crippen LogP contribution in [0.3, 0.4) is 0 Å². The van der Waals surface area contributed by atoms with Crippen molar-refractivity contribution in [2.24, 2.45) is 0 Å². The number of aryl methyl sites for hydroxylation is 1. The molecule has 20 heavy (non-hydrogen) atoms. The van der Waals surface area contributed by atoms with Crippen molar-refractivity contribution < 1.29 is 14.8 Å². The fourth-order valence-electron chi connectivity index (χ4n) is 1.61. The zero-order chi connectivity index (χ0) is 14.7. The summed E-state index contributed by atoms with van der Waals surface area (Å²) >= 11 is 0. The van der Waals surface area contributed by atoms with Crippen LogP contribution in [0.15, 0.2) is 36.7 Å². The number of phenols is 1. The van der Waals surface area contributed by atoms with Crippen molar-refractivity contribution in [3.05, 3.63) is 57.9 Å². The molecule has 0 radical (unpaired) electrons. The first-order valence-electron chi connectivity index (χ1n) is 5.68. The third-order valence-electron chi connectivity index (χ3n) is 2.72. The summed E-state index contributed by atoms with van der Waals surface area (Å²) in [4.78, 5) is 25.7. The van der Waals surface area contributed by atoms with Gasteiger partial charge >= 0.3 is 5.69 Å². The minimum Gasteiger partial charge on any atom is -0.502 e. The molecule has 0 saturated heterocycles. The van der Waals surface area contributed by atoms with Gasteiger partial charge in [-0.05, 0) is 30.7 Å². The fourth-order valence-corrected chi connectivity index (χ4v) is 1.61. The molecule has 7 nitrogen and oxygen atoms in total. The fraction of sp³-hybridized carbons (Fsp3) is 0.0769. The van der Waals surface area contributed by atoms with Crippen LogP contribution >= 0.6 is 0 Å². The number of nitro benzene ring substituents is 1. The maximum absolute atomic E-state index is 12.0. The molecular formula is C13H11N3O4. The second-order valence-corrected chi connectivity index (χ2v) is 4.11. The third-order valence-corrected chi connectivity index (χ3v) is 2.72. The van der Waals surface area contributed by atoms with E-state index in [0.717, 1.165) is 17.7 Å². The van der Waals surface area contributed by atoms with Gasteiger partial charge in [0.1, 0.15) is 0 Å². The Bertz CT molecular complexity index is 685. The van der Waals surface area contributed by atoms with Gasteiger partial charge in [-0.25, -0.2) is 0 Å². The monoisotopic (exact) mass is 273 g/mol. The van der Waals surface area contributed by atoms with E-state index in [2.05, 4.69) is 10.3 Å². The predicted octanol–water partition coefficient (Wildman–Crippen LogP) is 2.26. The Hall–Kier alpha value is -2.96. The van der Waals surface area contributed by atoms with Crippen molar-refractivity contribution in [2.75, 3.05) is 5.32 Å². The number of nitrogens with one attached hydrogen (secondary N) is 1.